The van der Waals surface area contributed by atoms with Crippen LogP contribution in [0.2, 0.25) is 0 Å². The van der Waals surface area contributed by atoms with Gasteiger partial charge in [-0.2, -0.15) is 15.4 Å². The van der Waals surface area contributed by atoms with Gasteiger partial charge in [0.25, 0.3) is 5.91 Å². The van der Waals surface area contributed by atoms with E-state index in [1.54, 1.807) is 0 Å². The summed E-state index contributed by atoms with van der Waals surface area (Å²) in [5.74, 6) is -0.591. The van der Waals surface area contributed by atoms with Crippen LogP contribution in [0.15, 0.2) is 24.3 Å². The van der Waals surface area contributed by atoms with Gasteiger partial charge in [0.15, 0.2) is 5.69 Å². The lowest BCUT2D eigenvalue weighted by atomic mass is 10.1. The van der Waals surface area contributed by atoms with E-state index in [1.165, 1.54) is 12.8 Å². The molecule has 1 aliphatic carbocycles. The van der Waals surface area contributed by atoms with Crippen LogP contribution in [0, 0.1) is 0 Å². The number of carbonyl (C=O) groups excluding carboxylic acids is 1. The summed E-state index contributed by atoms with van der Waals surface area (Å²) in [7, 11) is 0. The van der Waals surface area contributed by atoms with E-state index in [0.29, 0.717) is 18.4 Å². The van der Waals surface area contributed by atoms with Crippen molar-refractivity contribution >= 4 is 5.91 Å². The molecule has 0 aliphatic heterocycles. The lowest BCUT2D eigenvalue weighted by Crippen LogP contribution is -2.12. The van der Waals surface area contributed by atoms with E-state index in [9.17, 15) is 4.79 Å². The highest BCUT2D eigenvalue weighted by Crippen LogP contribution is 2.24. The molecule has 0 saturated heterocycles. The average Bonchev–Trinajstić information content (AvgIpc) is 3.16. The number of nitrogens with two attached hydrogens (primary N) is 1. The third kappa shape index (κ3) is 3.11. The molecule has 1 aromatic carbocycles. The summed E-state index contributed by atoms with van der Waals surface area (Å²) < 4.78 is 5.90. The van der Waals surface area contributed by atoms with Crippen molar-refractivity contribution in [1.82, 2.24) is 15.4 Å². The molecule has 3 rings (SSSR count). The first-order valence-electron chi connectivity index (χ1n) is 7.15. The number of primary amides is 1. The second-order valence-corrected chi connectivity index (χ2v) is 5.30. The molecule has 110 valence electrons. The third-order valence-electron chi connectivity index (χ3n) is 3.77. The molecule has 1 amide bonds. The number of aromatic amines is 1. The SMILES string of the molecule is NC(=O)c1n[nH]nc1-c1cccc(COC2CCCC2)c1. The van der Waals surface area contributed by atoms with Crippen molar-refractivity contribution in [3.05, 3.63) is 35.5 Å². The van der Waals surface area contributed by atoms with Gasteiger partial charge in [-0.15, -0.1) is 0 Å². The van der Waals surface area contributed by atoms with Crippen molar-refractivity contribution in [3.8, 4) is 11.3 Å². The molecule has 0 unspecified atom stereocenters. The molecule has 6 nitrogen and oxygen atoms in total. The minimum Gasteiger partial charge on any atom is -0.374 e. The number of nitrogens with zero attached hydrogens (tertiary/aromatic N) is 2. The number of ether oxygens (including phenoxy) is 1. The second-order valence-electron chi connectivity index (χ2n) is 5.30. The first kappa shape index (κ1) is 13.8. The van der Waals surface area contributed by atoms with E-state index >= 15 is 0 Å². The maximum absolute atomic E-state index is 11.3. The number of nitrogens with one attached hydrogen (secondary N) is 1. The zero-order valence-electron chi connectivity index (χ0n) is 11.7. The molecule has 1 aliphatic rings. The molecule has 2 aromatic rings. The van der Waals surface area contributed by atoms with E-state index in [1.807, 2.05) is 24.3 Å². The van der Waals surface area contributed by atoms with Gasteiger partial charge in [-0.1, -0.05) is 31.0 Å². The fourth-order valence-corrected chi connectivity index (χ4v) is 2.68. The Morgan fingerprint density at radius 2 is 2.14 bits per heavy atom. The largest absolute Gasteiger partial charge is 0.374 e. The standard InChI is InChI=1S/C15H18N4O2/c16-15(20)14-13(17-19-18-14)11-5-3-4-10(8-11)9-21-12-6-1-2-7-12/h3-5,8,12H,1-2,6-7,9H2,(H2,16,20)(H,17,18,19). The Labute approximate surface area is 122 Å². The summed E-state index contributed by atoms with van der Waals surface area (Å²) in [6.07, 6.45) is 5.18. The molecule has 3 N–H and O–H groups in total. The van der Waals surface area contributed by atoms with Gasteiger partial charge in [0.05, 0.1) is 12.7 Å². The molecule has 6 heteroatoms. The zero-order valence-corrected chi connectivity index (χ0v) is 11.7. The van der Waals surface area contributed by atoms with Gasteiger partial charge in [0, 0.05) is 5.56 Å². The van der Waals surface area contributed by atoms with Crippen LogP contribution in [-0.4, -0.2) is 27.4 Å². The maximum Gasteiger partial charge on any atom is 0.271 e. The number of carbonyl (C=O) groups is 1. The lowest BCUT2D eigenvalue weighted by Gasteiger charge is -2.11. The third-order valence-corrected chi connectivity index (χ3v) is 3.77. The molecule has 0 bridgehead atoms. The highest BCUT2D eigenvalue weighted by Gasteiger charge is 2.17. The molecule has 1 saturated carbocycles. The Morgan fingerprint density at radius 1 is 1.33 bits per heavy atom. The summed E-state index contributed by atoms with van der Waals surface area (Å²) >= 11 is 0. The quantitative estimate of drug-likeness (QED) is 0.879. The Morgan fingerprint density at radius 3 is 2.90 bits per heavy atom. The van der Waals surface area contributed by atoms with E-state index in [-0.39, 0.29) is 5.69 Å². The number of H-pyrrole nitrogens is 1. The van der Waals surface area contributed by atoms with E-state index in [4.69, 9.17) is 10.5 Å². The number of aromatic nitrogens is 3. The summed E-state index contributed by atoms with van der Waals surface area (Å²) in [5.41, 5.74) is 7.79. The minimum atomic E-state index is -0.591. The second kappa shape index (κ2) is 6.05. The monoisotopic (exact) mass is 286 g/mol. The van der Waals surface area contributed by atoms with Gasteiger partial charge in [-0.05, 0) is 24.5 Å². The number of benzene rings is 1. The number of hydrogen-bond donors (Lipinski definition) is 2. The van der Waals surface area contributed by atoms with Crippen LogP contribution in [0.25, 0.3) is 11.3 Å². The van der Waals surface area contributed by atoms with Gasteiger partial charge >= 0.3 is 0 Å². The van der Waals surface area contributed by atoms with Gasteiger partial charge in [-0.3, -0.25) is 4.79 Å². The van der Waals surface area contributed by atoms with Crippen LogP contribution in [0.1, 0.15) is 41.7 Å². The molecule has 0 atom stereocenters. The fourth-order valence-electron chi connectivity index (χ4n) is 2.68. The highest BCUT2D eigenvalue weighted by atomic mass is 16.5. The summed E-state index contributed by atoms with van der Waals surface area (Å²) in [6.45, 7) is 0.572. The number of hydrogen-bond acceptors (Lipinski definition) is 4. The summed E-state index contributed by atoms with van der Waals surface area (Å²) in [5, 5.41) is 10.2. The van der Waals surface area contributed by atoms with Crippen molar-refractivity contribution in [1.29, 1.82) is 0 Å². The molecular weight excluding hydrogens is 268 g/mol. The molecule has 21 heavy (non-hydrogen) atoms. The van der Waals surface area contributed by atoms with Crippen LogP contribution in [0.4, 0.5) is 0 Å². The van der Waals surface area contributed by atoms with Crippen LogP contribution < -0.4 is 5.73 Å². The van der Waals surface area contributed by atoms with Crippen LogP contribution >= 0.6 is 0 Å². The van der Waals surface area contributed by atoms with Gasteiger partial charge in [0.2, 0.25) is 0 Å². The Balaban J connectivity index is 1.76. The number of rotatable bonds is 5. The van der Waals surface area contributed by atoms with Gasteiger partial charge < -0.3 is 10.5 Å². The normalized spacial score (nSPS) is 15.4. The average molecular weight is 286 g/mol. The van der Waals surface area contributed by atoms with Crippen molar-refractivity contribution in [2.45, 2.75) is 38.4 Å². The minimum absolute atomic E-state index is 0.156. The van der Waals surface area contributed by atoms with E-state index in [2.05, 4.69) is 15.4 Å². The Bertz CT molecular complexity index is 632. The van der Waals surface area contributed by atoms with Crippen LogP contribution in [-0.2, 0) is 11.3 Å². The topological polar surface area (TPSA) is 93.9 Å². The Hall–Kier alpha value is -2.21. The predicted octanol–water partition coefficient (Wildman–Crippen LogP) is 2.03. The number of amides is 1. The zero-order chi connectivity index (χ0) is 14.7. The van der Waals surface area contributed by atoms with Crippen LogP contribution in [0.5, 0.6) is 0 Å². The van der Waals surface area contributed by atoms with Crippen molar-refractivity contribution < 1.29 is 9.53 Å². The lowest BCUT2D eigenvalue weighted by molar-refractivity contribution is 0.0457. The van der Waals surface area contributed by atoms with Crippen LogP contribution in [0.3, 0.4) is 0 Å². The Kier molecular flexibility index (Phi) is 3.96. The first-order chi connectivity index (χ1) is 10.2. The highest BCUT2D eigenvalue weighted by molar-refractivity contribution is 5.96. The molecule has 1 aromatic heterocycles. The van der Waals surface area contributed by atoms with Crippen molar-refractivity contribution in [2.24, 2.45) is 5.73 Å². The summed E-state index contributed by atoms with van der Waals surface area (Å²) in [6, 6.07) is 7.76. The molecule has 1 fully saturated rings. The molecule has 0 spiro atoms. The molecule has 1 heterocycles. The van der Waals surface area contributed by atoms with Gasteiger partial charge in [0.1, 0.15) is 5.69 Å². The maximum atomic E-state index is 11.3. The van der Waals surface area contributed by atoms with E-state index < -0.39 is 5.91 Å². The fraction of sp³-hybridized carbons (Fsp3) is 0.400. The molecule has 0 radical (unpaired) electrons. The predicted molar refractivity (Wildman–Crippen MR) is 77.4 cm³/mol. The first-order valence-corrected chi connectivity index (χ1v) is 7.15. The van der Waals surface area contributed by atoms with Gasteiger partial charge in [-0.25, -0.2) is 0 Å². The van der Waals surface area contributed by atoms with Crippen molar-refractivity contribution in [3.63, 3.8) is 0 Å². The summed E-state index contributed by atoms with van der Waals surface area (Å²) in [4.78, 5) is 11.3. The smallest absolute Gasteiger partial charge is 0.271 e. The van der Waals surface area contributed by atoms with Crippen molar-refractivity contribution in [2.75, 3.05) is 0 Å². The van der Waals surface area contributed by atoms with E-state index in [0.717, 1.165) is 24.0 Å². The molecular formula is C15H18N4O2.